The number of hydrogen-bond acceptors (Lipinski definition) is 1. The summed E-state index contributed by atoms with van der Waals surface area (Å²) in [4.78, 5) is 0. The number of nitrogens with one attached hydrogen (secondary N) is 1. The Kier molecular flexibility index (Phi) is 11.4. The average molecular weight is 370 g/mol. The highest BCUT2D eigenvalue weighted by Gasteiger charge is 1.94. The third-order valence-electron chi connectivity index (χ3n) is 4.20. The second-order valence-electron chi connectivity index (χ2n) is 6.51. The van der Waals surface area contributed by atoms with E-state index in [1.54, 1.807) is 0 Å². The number of hydrogen-bond donors (Lipinski definition) is 1. The van der Waals surface area contributed by atoms with Gasteiger partial charge in [-0.2, -0.15) is 0 Å². The molecule has 144 valence electrons. The van der Waals surface area contributed by atoms with Gasteiger partial charge in [0.1, 0.15) is 0 Å². The molecule has 1 aliphatic carbocycles. The van der Waals surface area contributed by atoms with Crippen molar-refractivity contribution in [3.05, 3.63) is 133 Å². The lowest BCUT2D eigenvalue weighted by molar-refractivity contribution is 0.647. The first-order chi connectivity index (χ1) is 13.9. The first-order valence-electron chi connectivity index (χ1n) is 10.1. The van der Waals surface area contributed by atoms with Gasteiger partial charge < -0.3 is 5.32 Å². The van der Waals surface area contributed by atoms with E-state index in [-0.39, 0.29) is 0 Å². The molecule has 1 aromatic rings. The van der Waals surface area contributed by atoms with E-state index < -0.39 is 0 Å². The smallest absolute Gasteiger partial charge is 0.0340 e. The molecule has 0 fully saturated rings. The van der Waals surface area contributed by atoms with Gasteiger partial charge in [-0.25, -0.2) is 0 Å². The summed E-state index contributed by atoms with van der Waals surface area (Å²) in [5.41, 5.74) is 2.52. The Hall–Kier alpha value is -3.06. The Morgan fingerprint density at radius 1 is 0.536 bits per heavy atom. The minimum Gasteiger partial charge on any atom is -0.385 e. The van der Waals surface area contributed by atoms with Crippen LogP contribution in [0.15, 0.2) is 127 Å². The Balaban J connectivity index is 1.74. The molecule has 1 aromatic carbocycles. The zero-order chi connectivity index (χ0) is 19.5. The summed E-state index contributed by atoms with van der Waals surface area (Å²) < 4.78 is 0. The van der Waals surface area contributed by atoms with Gasteiger partial charge in [0, 0.05) is 12.2 Å². The number of unbranched alkanes of at least 4 members (excludes halogenated alkanes) is 2. The second kappa shape index (κ2) is 15.0. The Morgan fingerprint density at radius 3 is 1.79 bits per heavy atom. The summed E-state index contributed by atoms with van der Waals surface area (Å²) in [5, 5.41) is 3.54. The largest absolute Gasteiger partial charge is 0.385 e. The van der Waals surface area contributed by atoms with E-state index >= 15 is 0 Å². The van der Waals surface area contributed by atoms with Crippen molar-refractivity contribution in [1.29, 1.82) is 0 Å². The van der Waals surface area contributed by atoms with Crippen molar-refractivity contribution < 1.29 is 0 Å². The van der Waals surface area contributed by atoms with Gasteiger partial charge in [-0.3, -0.25) is 0 Å². The fourth-order valence-corrected chi connectivity index (χ4v) is 2.71. The van der Waals surface area contributed by atoms with E-state index in [2.05, 4.69) is 78.2 Å². The molecule has 0 spiro atoms. The van der Waals surface area contributed by atoms with Gasteiger partial charge in [-0.05, 0) is 37.0 Å². The first kappa shape index (κ1) is 21.2. The number of rotatable bonds is 7. The van der Waals surface area contributed by atoms with Crippen molar-refractivity contribution in [3.8, 4) is 0 Å². The van der Waals surface area contributed by atoms with Gasteiger partial charge in [-0.15, -0.1) is 0 Å². The fraction of sp³-hybridized carbons (Fsp3) is 0.185. The lowest BCUT2D eigenvalue weighted by Gasteiger charge is -2.07. The Labute approximate surface area is 170 Å². The van der Waals surface area contributed by atoms with E-state index in [0.717, 1.165) is 18.7 Å². The maximum atomic E-state index is 3.54. The third kappa shape index (κ3) is 10.8. The molecule has 0 saturated heterocycles. The molecule has 0 unspecified atom stereocenters. The molecular weight excluding hydrogens is 338 g/mol. The van der Waals surface area contributed by atoms with E-state index in [1.165, 1.54) is 24.8 Å². The molecule has 0 radical (unpaired) electrons. The maximum Gasteiger partial charge on any atom is 0.0340 e. The van der Waals surface area contributed by atoms with Crippen LogP contribution < -0.4 is 5.32 Å². The van der Waals surface area contributed by atoms with Crippen molar-refractivity contribution in [2.75, 3.05) is 6.54 Å². The molecule has 28 heavy (non-hydrogen) atoms. The van der Waals surface area contributed by atoms with Crippen LogP contribution in [-0.4, -0.2) is 6.54 Å². The maximum absolute atomic E-state index is 3.54. The quantitative estimate of drug-likeness (QED) is 0.522. The molecule has 0 saturated carbocycles. The fourth-order valence-electron chi connectivity index (χ4n) is 2.71. The SMILES string of the molecule is C1=C\C=C/C=C\C(NCCCCCc2ccccccccc2)=C/C=C\C=C/1. The molecular formula is C27H31N. The van der Waals surface area contributed by atoms with Crippen LogP contribution in [0, 0.1) is 0 Å². The summed E-state index contributed by atoms with van der Waals surface area (Å²) in [6, 6.07) is 19.0. The van der Waals surface area contributed by atoms with Crippen molar-refractivity contribution in [1.82, 2.24) is 5.32 Å². The second-order valence-corrected chi connectivity index (χ2v) is 6.51. The normalized spacial score (nSPS) is 20.8. The molecule has 1 aliphatic rings. The summed E-state index contributed by atoms with van der Waals surface area (Å²) >= 11 is 0. The zero-order valence-corrected chi connectivity index (χ0v) is 16.6. The summed E-state index contributed by atoms with van der Waals surface area (Å²) in [5.74, 6) is 0. The van der Waals surface area contributed by atoms with Crippen molar-refractivity contribution in [2.45, 2.75) is 25.7 Å². The Morgan fingerprint density at radius 2 is 1.11 bits per heavy atom. The molecule has 0 heterocycles. The minimum atomic E-state index is 0.992. The molecule has 1 nitrogen and oxygen atoms in total. The number of allylic oxidation sites excluding steroid dienone is 11. The van der Waals surface area contributed by atoms with Gasteiger partial charge in [0.05, 0.1) is 0 Å². The van der Waals surface area contributed by atoms with Crippen molar-refractivity contribution in [3.63, 3.8) is 0 Å². The van der Waals surface area contributed by atoms with Gasteiger partial charge in [0.25, 0.3) is 0 Å². The van der Waals surface area contributed by atoms with E-state index in [4.69, 9.17) is 0 Å². The molecule has 0 aliphatic heterocycles. The van der Waals surface area contributed by atoms with E-state index in [1.807, 2.05) is 48.6 Å². The average Bonchev–Trinajstić information content (AvgIpc) is 2.70. The van der Waals surface area contributed by atoms with Crippen LogP contribution in [0.1, 0.15) is 24.8 Å². The Bertz CT molecular complexity index is 764. The predicted molar refractivity (Wildman–Crippen MR) is 123 cm³/mol. The van der Waals surface area contributed by atoms with Crippen molar-refractivity contribution in [2.24, 2.45) is 0 Å². The van der Waals surface area contributed by atoms with Crippen LogP contribution in [0.2, 0.25) is 0 Å². The topological polar surface area (TPSA) is 12.0 Å². The monoisotopic (exact) mass is 369 g/mol. The molecule has 0 bridgehead atoms. The number of aryl methyl sites for hydroxylation is 1. The highest BCUT2D eigenvalue weighted by Crippen LogP contribution is 2.05. The lowest BCUT2D eigenvalue weighted by Crippen LogP contribution is -2.13. The standard InChI is InChI=1S/C27H31N/c1-2-7-11-17-23-27(24-18-12-8-3-1)28-25-19-13-16-22-26-20-14-9-5-4-6-10-15-21-26/h1-12,14-15,17-18,20-21,23-24,28H,13,16,19,22,25H2/b2-1-,3-1?,5-4?,6-4?,7-2?,8-3-,9-5?,10-6?,11-7-,12-8?,14-9?,15-10?,17-11?,18-12-,20-14?,21-15?,23-17-,24-18?,26-20?,26-21?,27-23?,27-24+. The van der Waals surface area contributed by atoms with Crippen LogP contribution in [0.25, 0.3) is 0 Å². The molecule has 2 rings (SSSR count). The highest BCUT2D eigenvalue weighted by molar-refractivity contribution is 5.28. The van der Waals surface area contributed by atoms with Crippen LogP contribution >= 0.6 is 0 Å². The predicted octanol–water partition coefficient (Wildman–Crippen LogP) is 6.79. The molecule has 1 N–H and O–H groups in total. The van der Waals surface area contributed by atoms with Crippen LogP contribution in [0.3, 0.4) is 0 Å². The zero-order valence-electron chi connectivity index (χ0n) is 16.6. The van der Waals surface area contributed by atoms with Crippen LogP contribution in [0.5, 0.6) is 0 Å². The molecule has 0 aromatic heterocycles. The van der Waals surface area contributed by atoms with Gasteiger partial charge >= 0.3 is 0 Å². The van der Waals surface area contributed by atoms with Crippen LogP contribution in [0.4, 0.5) is 0 Å². The minimum absolute atomic E-state index is 0.992. The molecule has 1 heteroatoms. The van der Waals surface area contributed by atoms with E-state index in [9.17, 15) is 0 Å². The van der Waals surface area contributed by atoms with E-state index in [0.29, 0.717) is 0 Å². The van der Waals surface area contributed by atoms with Gasteiger partial charge in [0.2, 0.25) is 0 Å². The molecule has 0 amide bonds. The summed E-state index contributed by atoms with van der Waals surface area (Å²) in [6.45, 7) is 0.992. The first-order valence-corrected chi connectivity index (χ1v) is 10.1. The van der Waals surface area contributed by atoms with Crippen LogP contribution in [-0.2, 0) is 6.42 Å². The molecule has 0 atom stereocenters. The van der Waals surface area contributed by atoms with Gasteiger partial charge in [0.15, 0.2) is 0 Å². The summed E-state index contributed by atoms with van der Waals surface area (Å²) in [7, 11) is 0. The third-order valence-corrected chi connectivity index (χ3v) is 4.20. The van der Waals surface area contributed by atoms with Gasteiger partial charge in [-0.1, -0.05) is 116 Å². The summed E-state index contributed by atoms with van der Waals surface area (Å²) in [6.07, 6.45) is 27.3. The lowest BCUT2D eigenvalue weighted by atomic mass is 10.1. The highest BCUT2D eigenvalue weighted by atomic mass is 14.9. The van der Waals surface area contributed by atoms with Crippen molar-refractivity contribution >= 4 is 0 Å².